The fraction of sp³-hybridized carbons (Fsp3) is 0.600. The van der Waals surface area contributed by atoms with Crippen LogP contribution >= 0.6 is 0 Å². The highest BCUT2D eigenvalue weighted by atomic mass is 14.9. The van der Waals surface area contributed by atoms with Crippen LogP contribution in [0, 0.1) is 20.8 Å². The first-order valence-electron chi connectivity index (χ1n) is 4.43. The van der Waals surface area contributed by atoms with Gasteiger partial charge in [0, 0.05) is 5.69 Å². The number of nitrogens with zero attached hydrogens (tertiary/aromatic N) is 2. The largest absolute Gasteiger partial charge is 0.321 e. The zero-order valence-corrected chi connectivity index (χ0v) is 8.97. The Morgan fingerprint density at radius 3 is 2.08 bits per heavy atom. The minimum atomic E-state index is -0.386. The molecule has 0 aromatic carbocycles. The van der Waals surface area contributed by atoms with Crippen LogP contribution in [0.25, 0.3) is 0 Å². The van der Waals surface area contributed by atoms with Crippen molar-refractivity contribution in [2.45, 2.75) is 40.2 Å². The van der Waals surface area contributed by atoms with Gasteiger partial charge in [-0.2, -0.15) is 0 Å². The summed E-state index contributed by atoms with van der Waals surface area (Å²) in [5, 5.41) is 0. The molecule has 3 nitrogen and oxygen atoms in total. The molecule has 72 valence electrons. The van der Waals surface area contributed by atoms with Crippen molar-refractivity contribution in [3.8, 4) is 0 Å². The van der Waals surface area contributed by atoms with Crippen molar-refractivity contribution < 1.29 is 0 Å². The van der Waals surface area contributed by atoms with Crippen LogP contribution in [-0.2, 0) is 5.54 Å². The van der Waals surface area contributed by atoms with E-state index >= 15 is 0 Å². The van der Waals surface area contributed by atoms with E-state index in [1.54, 1.807) is 0 Å². The van der Waals surface area contributed by atoms with Gasteiger partial charge in [0.05, 0.1) is 11.2 Å². The summed E-state index contributed by atoms with van der Waals surface area (Å²) in [5.74, 6) is 0.789. The molecule has 0 aliphatic rings. The quantitative estimate of drug-likeness (QED) is 0.712. The zero-order chi connectivity index (χ0) is 10.2. The second-order valence-electron chi connectivity index (χ2n) is 4.05. The highest BCUT2D eigenvalue weighted by Gasteiger charge is 2.20. The fourth-order valence-electron chi connectivity index (χ4n) is 1.40. The highest BCUT2D eigenvalue weighted by molar-refractivity contribution is 5.28. The van der Waals surface area contributed by atoms with Gasteiger partial charge >= 0.3 is 0 Å². The Morgan fingerprint density at radius 2 is 1.62 bits per heavy atom. The van der Waals surface area contributed by atoms with E-state index in [9.17, 15) is 0 Å². The van der Waals surface area contributed by atoms with Gasteiger partial charge in [-0.05, 0) is 40.2 Å². The van der Waals surface area contributed by atoms with Crippen molar-refractivity contribution in [1.82, 2.24) is 9.97 Å². The Morgan fingerprint density at radius 1 is 1.08 bits per heavy atom. The van der Waals surface area contributed by atoms with E-state index in [0.717, 1.165) is 22.8 Å². The topological polar surface area (TPSA) is 51.8 Å². The first-order chi connectivity index (χ1) is 5.82. The number of hydrogen-bond acceptors (Lipinski definition) is 3. The van der Waals surface area contributed by atoms with Crippen molar-refractivity contribution >= 4 is 0 Å². The van der Waals surface area contributed by atoms with Crippen molar-refractivity contribution in [3.05, 3.63) is 22.8 Å². The maximum absolute atomic E-state index is 6.01. The molecule has 2 N–H and O–H groups in total. The molecule has 3 heteroatoms. The van der Waals surface area contributed by atoms with E-state index in [4.69, 9.17) is 5.73 Å². The van der Waals surface area contributed by atoms with Crippen LogP contribution < -0.4 is 5.73 Å². The van der Waals surface area contributed by atoms with Crippen LogP contribution in [0.1, 0.15) is 36.6 Å². The van der Waals surface area contributed by atoms with Crippen LogP contribution in [0.2, 0.25) is 0 Å². The SMILES string of the molecule is Cc1nc(C)c(C)c(C(C)(C)N)n1. The summed E-state index contributed by atoms with van der Waals surface area (Å²) >= 11 is 0. The third-order valence-electron chi connectivity index (χ3n) is 2.11. The molecule has 1 rings (SSSR count). The van der Waals surface area contributed by atoms with E-state index in [0.29, 0.717) is 0 Å². The maximum Gasteiger partial charge on any atom is 0.125 e. The zero-order valence-electron chi connectivity index (χ0n) is 8.97. The molecule has 0 atom stereocenters. The Bertz CT molecular complexity index is 324. The molecule has 0 aliphatic heterocycles. The van der Waals surface area contributed by atoms with Crippen molar-refractivity contribution in [1.29, 1.82) is 0 Å². The van der Waals surface area contributed by atoms with Crippen LogP contribution in [0.15, 0.2) is 0 Å². The molecule has 0 saturated heterocycles. The van der Waals surface area contributed by atoms with Crippen molar-refractivity contribution in [3.63, 3.8) is 0 Å². The lowest BCUT2D eigenvalue weighted by Gasteiger charge is -2.21. The predicted molar refractivity (Wildman–Crippen MR) is 53.5 cm³/mol. The smallest absolute Gasteiger partial charge is 0.125 e. The molecule has 1 heterocycles. The lowest BCUT2D eigenvalue weighted by atomic mass is 9.97. The minimum Gasteiger partial charge on any atom is -0.321 e. The van der Waals surface area contributed by atoms with Gasteiger partial charge in [0.25, 0.3) is 0 Å². The normalized spacial score (nSPS) is 11.8. The third-order valence-corrected chi connectivity index (χ3v) is 2.11. The summed E-state index contributed by atoms with van der Waals surface area (Å²) in [6.07, 6.45) is 0. The number of aryl methyl sites for hydroxylation is 2. The summed E-state index contributed by atoms with van der Waals surface area (Å²) in [6, 6.07) is 0. The number of nitrogens with two attached hydrogens (primary N) is 1. The summed E-state index contributed by atoms with van der Waals surface area (Å²) in [7, 11) is 0. The molecule has 0 spiro atoms. The average molecular weight is 179 g/mol. The van der Waals surface area contributed by atoms with Gasteiger partial charge in [-0.3, -0.25) is 0 Å². The van der Waals surface area contributed by atoms with Gasteiger partial charge in [0.1, 0.15) is 5.82 Å². The lowest BCUT2D eigenvalue weighted by molar-refractivity contribution is 0.525. The molecule has 13 heavy (non-hydrogen) atoms. The van der Waals surface area contributed by atoms with Crippen LogP contribution in [-0.4, -0.2) is 9.97 Å². The van der Waals surface area contributed by atoms with Crippen LogP contribution in [0.4, 0.5) is 0 Å². The molecule has 0 radical (unpaired) electrons. The van der Waals surface area contributed by atoms with E-state index in [1.807, 2.05) is 34.6 Å². The van der Waals surface area contributed by atoms with Gasteiger partial charge in [0.15, 0.2) is 0 Å². The third kappa shape index (κ3) is 2.04. The monoisotopic (exact) mass is 179 g/mol. The van der Waals surface area contributed by atoms with Crippen LogP contribution in [0.3, 0.4) is 0 Å². The molecule has 1 aromatic rings. The first-order valence-corrected chi connectivity index (χ1v) is 4.43. The Kier molecular flexibility index (Phi) is 2.39. The molecule has 0 saturated carbocycles. The molecule has 0 fully saturated rings. The van der Waals surface area contributed by atoms with Gasteiger partial charge < -0.3 is 5.73 Å². The van der Waals surface area contributed by atoms with Gasteiger partial charge in [-0.15, -0.1) is 0 Å². The second kappa shape index (κ2) is 3.07. The maximum atomic E-state index is 6.01. The van der Waals surface area contributed by atoms with Gasteiger partial charge in [-0.1, -0.05) is 0 Å². The lowest BCUT2D eigenvalue weighted by Crippen LogP contribution is -2.31. The predicted octanol–water partition coefficient (Wildman–Crippen LogP) is 1.60. The molecule has 1 aromatic heterocycles. The molecular formula is C10H17N3. The molecule has 0 aliphatic carbocycles. The summed E-state index contributed by atoms with van der Waals surface area (Å²) in [4.78, 5) is 8.65. The minimum absolute atomic E-state index is 0.386. The number of rotatable bonds is 1. The van der Waals surface area contributed by atoms with E-state index < -0.39 is 0 Å². The number of hydrogen-bond donors (Lipinski definition) is 1. The van der Waals surface area contributed by atoms with Crippen molar-refractivity contribution in [2.24, 2.45) is 5.73 Å². The highest BCUT2D eigenvalue weighted by Crippen LogP contribution is 2.20. The summed E-state index contributed by atoms with van der Waals surface area (Å²) in [6.45, 7) is 9.81. The summed E-state index contributed by atoms with van der Waals surface area (Å²) in [5.41, 5.74) is 8.67. The van der Waals surface area contributed by atoms with Gasteiger partial charge in [0.2, 0.25) is 0 Å². The molecule has 0 amide bonds. The van der Waals surface area contributed by atoms with Crippen molar-refractivity contribution in [2.75, 3.05) is 0 Å². The Hall–Kier alpha value is -0.960. The fourth-order valence-corrected chi connectivity index (χ4v) is 1.40. The van der Waals surface area contributed by atoms with E-state index in [-0.39, 0.29) is 5.54 Å². The second-order valence-corrected chi connectivity index (χ2v) is 4.05. The van der Waals surface area contributed by atoms with E-state index in [2.05, 4.69) is 9.97 Å². The first kappa shape index (κ1) is 10.1. The molecular weight excluding hydrogens is 162 g/mol. The Balaban J connectivity index is 3.37. The molecule has 0 unspecified atom stereocenters. The van der Waals surface area contributed by atoms with Gasteiger partial charge in [-0.25, -0.2) is 9.97 Å². The van der Waals surface area contributed by atoms with E-state index in [1.165, 1.54) is 0 Å². The standard InChI is InChI=1S/C10H17N3/c1-6-7(2)12-8(3)13-9(6)10(4,5)11/h11H2,1-5H3. The Labute approximate surface area is 79.4 Å². The molecule has 0 bridgehead atoms. The summed E-state index contributed by atoms with van der Waals surface area (Å²) < 4.78 is 0. The van der Waals surface area contributed by atoms with Crippen LogP contribution in [0.5, 0.6) is 0 Å². The average Bonchev–Trinajstić information content (AvgIpc) is 1.94. The number of aromatic nitrogens is 2.